The van der Waals surface area contributed by atoms with Crippen molar-refractivity contribution in [2.75, 3.05) is 19.6 Å². The molecule has 0 atom stereocenters. The van der Waals surface area contributed by atoms with E-state index in [9.17, 15) is 0 Å². The smallest absolute Gasteiger partial charge is 0.0669 e. The van der Waals surface area contributed by atoms with Gasteiger partial charge in [-0.05, 0) is 43.5 Å². The fourth-order valence-corrected chi connectivity index (χ4v) is 2.39. The molecule has 1 fully saturated rings. The number of rotatable bonds is 4. The first-order valence-corrected chi connectivity index (χ1v) is 6.55. The zero-order valence-electron chi connectivity index (χ0n) is 10.4. The first-order valence-electron chi connectivity index (χ1n) is 6.55. The van der Waals surface area contributed by atoms with Crippen molar-refractivity contribution in [3.05, 3.63) is 35.4 Å². The fraction of sp³-hybridized carbons (Fsp3) is 0.533. The van der Waals surface area contributed by atoms with Crippen molar-refractivity contribution in [3.63, 3.8) is 0 Å². The lowest BCUT2D eigenvalue weighted by molar-refractivity contribution is 0.231. The highest BCUT2D eigenvalue weighted by Crippen LogP contribution is 2.11. The first-order chi connectivity index (χ1) is 8.38. The van der Waals surface area contributed by atoms with Gasteiger partial charge in [0.05, 0.1) is 12.5 Å². The van der Waals surface area contributed by atoms with Crippen molar-refractivity contribution in [3.8, 4) is 6.07 Å². The predicted molar refractivity (Wildman–Crippen MR) is 69.8 cm³/mol. The topological polar surface area (TPSA) is 27.0 Å². The third kappa shape index (κ3) is 3.87. The number of benzene rings is 1. The van der Waals surface area contributed by atoms with Gasteiger partial charge >= 0.3 is 0 Å². The maximum absolute atomic E-state index is 8.61. The lowest BCUT2D eigenvalue weighted by Crippen LogP contribution is -2.31. The van der Waals surface area contributed by atoms with Gasteiger partial charge in [-0.15, -0.1) is 0 Å². The molecule has 0 spiro atoms. The molecule has 0 aliphatic carbocycles. The Kier molecular flexibility index (Phi) is 4.58. The zero-order chi connectivity index (χ0) is 11.9. The maximum atomic E-state index is 8.61. The molecule has 2 nitrogen and oxygen atoms in total. The van der Waals surface area contributed by atoms with Gasteiger partial charge in [0.1, 0.15) is 0 Å². The Morgan fingerprint density at radius 1 is 1.00 bits per heavy atom. The highest BCUT2D eigenvalue weighted by molar-refractivity contribution is 5.24. The Hall–Kier alpha value is -1.33. The van der Waals surface area contributed by atoms with Gasteiger partial charge in [-0.2, -0.15) is 5.26 Å². The summed E-state index contributed by atoms with van der Waals surface area (Å²) < 4.78 is 0. The molecular weight excluding hydrogens is 208 g/mol. The summed E-state index contributed by atoms with van der Waals surface area (Å²) in [5.41, 5.74) is 2.51. The number of likely N-dealkylation sites (tertiary alicyclic amines) is 1. The molecule has 1 heterocycles. The standard InChI is InChI=1S/C15H20N2/c16-10-8-14-4-6-15(7-5-14)9-13-17-11-2-1-3-12-17/h4-7H,1-3,8-9,11-13H2. The molecule has 17 heavy (non-hydrogen) atoms. The van der Waals surface area contributed by atoms with E-state index in [0.717, 1.165) is 12.0 Å². The highest BCUT2D eigenvalue weighted by atomic mass is 15.1. The maximum Gasteiger partial charge on any atom is 0.0669 e. The fourth-order valence-electron chi connectivity index (χ4n) is 2.39. The van der Waals surface area contributed by atoms with Crippen LogP contribution >= 0.6 is 0 Å². The van der Waals surface area contributed by atoms with Crippen LogP contribution in [0.3, 0.4) is 0 Å². The Labute approximate surface area is 104 Å². The molecule has 0 N–H and O–H groups in total. The van der Waals surface area contributed by atoms with Crippen LogP contribution in [0.1, 0.15) is 30.4 Å². The third-order valence-electron chi connectivity index (χ3n) is 3.47. The summed E-state index contributed by atoms with van der Waals surface area (Å²) in [7, 11) is 0. The minimum absolute atomic E-state index is 0.520. The molecule has 1 aromatic rings. The summed E-state index contributed by atoms with van der Waals surface area (Å²) in [6.45, 7) is 3.72. The average Bonchev–Trinajstić information content (AvgIpc) is 2.40. The summed E-state index contributed by atoms with van der Waals surface area (Å²) in [6, 6.07) is 10.7. The van der Waals surface area contributed by atoms with Crippen molar-refractivity contribution >= 4 is 0 Å². The molecule has 0 saturated carbocycles. The second-order valence-corrected chi connectivity index (χ2v) is 4.80. The van der Waals surface area contributed by atoms with Crippen LogP contribution < -0.4 is 0 Å². The van der Waals surface area contributed by atoms with Gasteiger partial charge in [-0.3, -0.25) is 0 Å². The Morgan fingerprint density at radius 3 is 2.29 bits per heavy atom. The average molecular weight is 228 g/mol. The van der Waals surface area contributed by atoms with Crippen molar-refractivity contribution < 1.29 is 0 Å². The van der Waals surface area contributed by atoms with Crippen LogP contribution in [0.2, 0.25) is 0 Å². The summed E-state index contributed by atoms with van der Waals surface area (Å²) in [5.74, 6) is 0. The van der Waals surface area contributed by atoms with E-state index < -0.39 is 0 Å². The largest absolute Gasteiger partial charge is 0.303 e. The van der Waals surface area contributed by atoms with Crippen molar-refractivity contribution in [1.82, 2.24) is 4.90 Å². The summed E-state index contributed by atoms with van der Waals surface area (Å²) in [6.07, 6.45) is 5.78. The molecular formula is C15H20N2. The monoisotopic (exact) mass is 228 g/mol. The summed E-state index contributed by atoms with van der Waals surface area (Å²) >= 11 is 0. The molecule has 1 aliphatic heterocycles. The molecule has 0 aromatic heterocycles. The molecule has 0 radical (unpaired) electrons. The normalized spacial score (nSPS) is 16.6. The van der Waals surface area contributed by atoms with E-state index in [4.69, 9.17) is 5.26 Å². The number of hydrogen-bond acceptors (Lipinski definition) is 2. The van der Waals surface area contributed by atoms with E-state index in [0.29, 0.717) is 6.42 Å². The Balaban J connectivity index is 1.80. The van der Waals surface area contributed by atoms with Crippen LogP contribution in [-0.4, -0.2) is 24.5 Å². The van der Waals surface area contributed by atoms with Crippen molar-refractivity contribution in [2.45, 2.75) is 32.1 Å². The van der Waals surface area contributed by atoms with Crippen LogP contribution in [0.15, 0.2) is 24.3 Å². The second kappa shape index (κ2) is 6.42. The van der Waals surface area contributed by atoms with Crippen LogP contribution in [0.4, 0.5) is 0 Å². The molecule has 0 bridgehead atoms. The number of hydrogen-bond donors (Lipinski definition) is 0. The van der Waals surface area contributed by atoms with Gasteiger partial charge in [0.15, 0.2) is 0 Å². The van der Waals surface area contributed by atoms with Gasteiger partial charge in [0.25, 0.3) is 0 Å². The molecule has 0 unspecified atom stereocenters. The molecule has 1 aromatic carbocycles. The molecule has 2 rings (SSSR count). The van der Waals surface area contributed by atoms with Gasteiger partial charge in [0, 0.05) is 6.54 Å². The van der Waals surface area contributed by atoms with E-state index in [-0.39, 0.29) is 0 Å². The van der Waals surface area contributed by atoms with Gasteiger partial charge in [-0.1, -0.05) is 30.7 Å². The van der Waals surface area contributed by atoms with E-state index in [1.165, 1.54) is 44.5 Å². The van der Waals surface area contributed by atoms with Crippen molar-refractivity contribution in [1.29, 1.82) is 5.26 Å². The minimum Gasteiger partial charge on any atom is -0.303 e. The summed E-state index contributed by atoms with van der Waals surface area (Å²) in [4.78, 5) is 2.56. The predicted octanol–water partition coefficient (Wildman–Crippen LogP) is 2.78. The minimum atomic E-state index is 0.520. The van der Waals surface area contributed by atoms with Gasteiger partial charge in [-0.25, -0.2) is 0 Å². The highest BCUT2D eigenvalue weighted by Gasteiger charge is 2.09. The van der Waals surface area contributed by atoms with E-state index in [1.807, 2.05) is 0 Å². The number of piperidine rings is 1. The lowest BCUT2D eigenvalue weighted by atomic mass is 10.1. The van der Waals surface area contributed by atoms with E-state index >= 15 is 0 Å². The molecule has 2 heteroatoms. The Morgan fingerprint density at radius 2 is 1.65 bits per heavy atom. The molecule has 90 valence electrons. The Bertz CT molecular complexity index is 369. The van der Waals surface area contributed by atoms with E-state index in [2.05, 4.69) is 35.2 Å². The van der Waals surface area contributed by atoms with Crippen molar-refractivity contribution in [2.24, 2.45) is 0 Å². The summed E-state index contributed by atoms with van der Waals surface area (Å²) in [5, 5.41) is 8.61. The van der Waals surface area contributed by atoms with Crippen LogP contribution in [0.25, 0.3) is 0 Å². The van der Waals surface area contributed by atoms with Crippen LogP contribution in [0.5, 0.6) is 0 Å². The quantitative estimate of drug-likeness (QED) is 0.792. The zero-order valence-corrected chi connectivity index (χ0v) is 10.4. The van der Waals surface area contributed by atoms with E-state index in [1.54, 1.807) is 0 Å². The number of nitrogens with zero attached hydrogens (tertiary/aromatic N) is 2. The van der Waals surface area contributed by atoms with Crippen LogP contribution in [-0.2, 0) is 12.8 Å². The first kappa shape index (κ1) is 12.1. The third-order valence-corrected chi connectivity index (χ3v) is 3.47. The van der Waals surface area contributed by atoms with Gasteiger partial charge in [0.2, 0.25) is 0 Å². The molecule has 0 amide bonds. The SMILES string of the molecule is N#CCc1ccc(CCN2CCCCC2)cc1. The molecule has 1 saturated heterocycles. The van der Waals surface area contributed by atoms with Crippen LogP contribution in [0, 0.1) is 11.3 Å². The lowest BCUT2D eigenvalue weighted by Gasteiger charge is -2.26. The van der Waals surface area contributed by atoms with Gasteiger partial charge < -0.3 is 4.90 Å². The second-order valence-electron chi connectivity index (χ2n) is 4.80. The number of nitriles is 1. The molecule has 1 aliphatic rings.